The van der Waals surface area contributed by atoms with Crippen LogP contribution in [0.5, 0.6) is 57.5 Å². The highest BCUT2D eigenvalue weighted by molar-refractivity contribution is 7.17. The number of nitriles is 2. The minimum absolute atomic E-state index is 0.0176. The number of hydrogen-bond acceptors (Lipinski definition) is 16. The van der Waals surface area contributed by atoms with E-state index in [9.17, 15) is 15.6 Å². The highest BCUT2D eigenvalue weighted by atomic mass is 35.5. The Labute approximate surface area is 477 Å². The van der Waals surface area contributed by atoms with Crippen molar-refractivity contribution in [3.63, 3.8) is 0 Å². The first-order chi connectivity index (χ1) is 39.6. The second kappa shape index (κ2) is 30.2. The third-order valence-electron chi connectivity index (χ3n) is 11.6. The zero-order chi connectivity index (χ0) is 57.3. The molecule has 0 spiro atoms. The lowest BCUT2D eigenvalue weighted by Gasteiger charge is -2.16. The van der Waals surface area contributed by atoms with Gasteiger partial charge in [-0.15, -0.1) is 11.6 Å². The van der Waals surface area contributed by atoms with Gasteiger partial charge in [-0.2, -0.15) is 20.7 Å². The summed E-state index contributed by atoms with van der Waals surface area (Å²) >= 11 is 5.43. The lowest BCUT2D eigenvalue weighted by Crippen LogP contribution is -2.06. The Morgan fingerprint density at radius 3 is 1.44 bits per heavy atom. The number of nitrogens with zero attached hydrogens (tertiary/aromatic N) is 8. The minimum Gasteiger partial charge on any atom is -0.504 e. The fourth-order valence-corrected chi connectivity index (χ4v) is 7.98. The van der Waals surface area contributed by atoms with Crippen LogP contribution in [0.4, 0.5) is 22.7 Å². The van der Waals surface area contributed by atoms with E-state index in [1.807, 2.05) is 138 Å². The molecule has 0 saturated carbocycles. The molecule has 0 amide bonds. The molecule has 0 fully saturated rings. The van der Waals surface area contributed by atoms with Crippen molar-refractivity contribution in [2.24, 2.45) is 0 Å². The van der Waals surface area contributed by atoms with Crippen molar-refractivity contribution in [3.8, 4) is 69.6 Å². The number of phenolic OH excluding ortho intramolecular Hbond substituents is 1. The molecule has 5 radical (unpaired) electrons. The number of phenols is 1. The molecule has 3 N–H and O–H groups in total. The van der Waals surface area contributed by atoms with Crippen LogP contribution < -0.4 is 43.8 Å². The first-order valence-corrected chi connectivity index (χ1v) is 25.4. The largest absolute Gasteiger partial charge is 0.504 e. The Balaban J connectivity index is 0.000000200. The van der Waals surface area contributed by atoms with Crippen LogP contribution in [0.2, 0.25) is 0 Å². The number of para-hydroxylation sites is 4. The van der Waals surface area contributed by atoms with Crippen LogP contribution in [0.25, 0.3) is 21.8 Å². The number of aryl methyl sites for hydroxylation is 2. The van der Waals surface area contributed by atoms with Crippen molar-refractivity contribution in [1.82, 2.24) is 29.5 Å². The van der Waals surface area contributed by atoms with E-state index in [4.69, 9.17) is 44.8 Å². The van der Waals surface area contributed by atoms with E-state index in [0.717, 1.165) is 43.3 Å². The summed E-state index contributed by atoms with van der Waals surface area (Å²) in [5.41, 5.74) is 4.73. The van der Waals surface area contributed by atoms with E-state index in [0.29, 0.717) is 103 Å². The normalized spacial score (nSPS) is 10.2. The van der Waals surface area contributed by atoms with E-state index in [2.05, 4.69) is 58.4 Å². The number of methoxy groups -OCH3 is 4. The van der Waals surface area contributed by atoms with Gasteiger partial charge in [-0.3, -0.25) is 19.3 Å². The second-order valence-electron chi connectivity index (χ2n) is 16.8. The molecule has 10 rings (SSSR count). The molecule has 0 aliphatic heterocycles. The molecule has 0 atom stereocenters. The van der Waals surface area contributed by atoms with Gasteiger partial charge < -0.3 is 48.9 Å². The molecule has 0 aliphatic carbocycles. The van der Waals surface area contributed by atoms with Gasteiger partial charge in [0, 0.05) is 113 Å². The maximum Gasteiger partial charge on any atom is 0.169 e. The Bertz CT molecular complexity index is 3680. The summed E-state index contributed by atoms with van der Waals surface area (Å²) in [4.78, 5) is 8.75. The molecule has 4 heterocycles. The predicted octanol–water partition coefficient (Wildman–Crippen LogP) is 11.7. The molecule has 0 bridgehead atoms. The van der Waals surface area contributed by atoms with Crippen LogP contribution >= 0.6 is 11.6 Å². The zero-order valence-corrected chi connectivity index (χ0v) is 45.4. The van der Waals surface area contributed by atoms with Gasteiger partial charge in [-0.1, -0.05) is 24.3 Å². The zero-order valence-electron chi connectivity index (χ0n) is 44.7. The van der Waals surface area contributed by atoms with Crippen LogP contribution in [-0.2, 0) is 13.1 Å². The van der Waals surface area contributed by atoms with Crippen molar-refractivity contribution in [2.75, 3.05) is 51.6 Å². The fourth-order valence-electron chi connectivity index (χ4n) is 7.80. The van der Waals surface area contributed by atoms with Crippen molar-refractivity contribution in [1.29, 1.82) is 10.5 Å². The summed E-state index contributed by atoms with van der Waals surface area (Å²) in [6.07, 6.45) is 11.1. The number of nitrogens with one attached hydrogen (secondary N) is 2. The van der Waals surface area contributed by atoms with Crippen LogP contribution in [-0.4, -0.2) is 98.1 Å². The number of anilines is 4. The van der Waals surface area contributed by atoms with Gasteiger partial charge in [0.1, 0.15) is 23.6 Å². The first-order valence-electron chi connectivity index (χ1n) is 24.9. The number of aromatic hydroxyl groups is 1. The number of rotatable bonds is 19. The van der Waals surface area contributed by atoms with Crippen LogP contribution in [0.3, 0.4) is 0 Å². The molecule has 0 aliphatic rings. The fraction of sp³-hybridized carbons (Fsp3) is 0.153. The molecule has 22 heteroatoms. The maximum absolute atomic E-state index is 10.0. The summed E-state index contributed by atoms with van der Waals surface area (Å²) in [6.45, 7) is 2.05. The number of halogens is 1. The lowest BCUT2D eigenvalue weighted by atomic mass is 9.40. The highest BCUT2D eigenvalue weighted by Crippen LogP contribution is 2.40. The molecule has 81 heavy (non-hydrogen) atoms. The third kappa shape index (κ3) is 16.1. The Morgan fingerprint density at radius 1 is 0.568 bits per heavy atom. The van der Waals surface area contributed by atoms with Crippen LogP contribution in [0, 0.1) is 22.7 Å². The number of benzene rings is 6. The van der Waals surface area contributed by atoms with Crippen LogP contribution in [0.15, 0.2) is 171 Å². The molecule has 6 aromatic carbocycles. The molecule has 18 nitrogen and oxygen atoms in total. The van der Waals surface area contributed by atoms with Crippen molar-refractivity contribution in [3.05, 3.63) is 182 Å². The summed E-state index contributed by atoms with van der Waals surface area (Å²) in [5.74, 6) is 5.88. The van der Waals surface area contributed by atoms with Gasteiger partial charge in [0.25, 0.3) is 0 Å². The van der Waals surface area contributed by atoms with Crippen molar-refractivity contribution < 1.29 is 38.3 Å². The molecule has 403 valence electrons. The number of aromatic nitrogens is 6. The number of fused-ring (bicyclic) bond motifs is 2. The number of pyridine rings is 2. The van der Waals surface area contributed by atoms with E-state index >= 15 is 0 Å². The second-order valence-corrected chi connectivity index (χ2v) is 17.2. The lowest BCUT2D eigenvalue weighted by molar-refractivity contribution is 0.281. The number of ether oxygens (including phenoxy) is 7. The molecule has 0 saturated heterocycles. The molecule has 10 aromatic rings. The molecular formula is C59H53B3ClN10O8. The van der Waals surface area contributed by atoms with Gasteiger partial charge >= 0.3 is 0 Å². The first kappa shape index (κ1) is 58.7. The minimum atomic E-state index is -0.0176. The van der Waals surface area contributed by atoms with E-state index in [-0.39, 0.29) is 5.75 Å². The molecular weight excluding hydrogens is 1040 g/mol. The maximum atomic E-state index is 10.0. The summed E-state index contributed by atoms with van der Waals surface area (Å²) in [7, 11) is 16.3. The average Bonchev–Trinajstić information content (AvgIpc) is 4.40. The van der Waals surface area contributed by atoms with Crippen LogP contribution in [0.1, 0.15) is 17.5 Å². The standard InChI is InChI=1S/C30H27N5O4.C24H19N3O4.C5H7ClN2.B3/c1-36-26-7-3-4-8-27(26)39-23-11-9-22(10-12-23)34-30-21(19-31)20-32-25-18-29(28(37-2)17-24(25)30)38-16-6-15-35-14-5-13-33-35;1-29-21-5-3-4-6-22(21)31-17-9-7-16(8-10-17)27-24-15(13-25)14-26-19-12-20(28)23(30-2)11-18(19)24;6-2-5-8-4-1-3-7-8;1-3-2/h3-5,7-14,17-18,20H,6,15-16H2,1-2H3,(H,32,34);3-12,14,28H,1-2H3,(H,26,27);1,3-4H,2,5H2;. The van der Waals surface area contributed by atoms with Crippen molar-refractivity contribution in [2.45, 2.75) is 19.5 Å². The Hall–Kier alpha value is -9.98. The smallest absolute Gasteiger partial charge is 0.169 e. The number of hydrogen-bond donors (Lipinski definition) is 3. The molecule has 4 aromatic heterocycles. The Kier molecular flexibility index (Phi) is 21.9. The highest BCUT2D eigenvalue weighted by Gasteiger charge is 2.17. The van der Waals surface area contributed by atoms with Gasteiger partial charge in [0.05, 0.1) is 75.1 Å². The third-order valence-corrected chi connectivity index (χ3v) is 11.8. The summed E-state index contributed by atoms with van der Waals surface area (Å²) in [5, 5.41) is 45.6. The van der Waals surface area contributed by atoms with E-state index in [1.54, 1.807) is 50.7 Å². The van der Waals surface area contributed by atoms with Gasteiger partial charge in [-0.25, -0.2) is 0 Å². The quantitative estimate of drug-likeness (QED) is 0.0390. The Morgan fingerprint density at radius 2 is 1.01 bits per heavy atom. The van der Waals surface area contributed by atoms with E-state index < -0.39 is 0 Å². The topological polar surface area (TPSA) is 218 Å². The van der Waals surface area contributed by atoms with E-state index in [1.165, 1.54) is 19.4 Å². The summed E-state index contributed by atoms with van der Waals surface area (Å²) < 4.78 is 43.1. The predicted molar refractivity (Wildman–Crippen MR) is 316 cm³/mol. The van der Waals surface area contributed by atoms with Gasteiger partial charge in [0.2, 0.25) is 0 Å². The SMILES string of the molecule is COc1cc2c(Nc3ccc(Oc4ccccc4OC)cc3)c(C#N)cnc2cc1O.COc1cc2c(Nc3ccc(Oc4ccccc4OC)cc3)c(C#N)cnc2cc1OCCCn1cccn1.ClCCn1cccn1.[B][B][B]. The van der Waals surface area contributed by atoms with Crippen molar-refractivity contribution >= 4 is 78.7 Å². The van der Waals surface area contributed by atoms with Gasteiger partial charge in [-0.05, 0) is 97.1 Å². The monoisotopic (exact) mass is 1100 g/mol. The number of alkyl halides is 1. The van der Waals surface area contributed by atoms with Gasteiger partial charge in [0.15, 0.2) is 46.0 Å². The molecule has 0 unspecified atom stereocenters. The summed E-state index contributed by atoms with van der Waals surface area (Å²) in [6, 6.07) is 44.6. The average molecular weight is 1100 g/mol.